The van der Waals surface area contributed by atoms with Gasteiger partial charge >= 0.3 is 12.0 Å². The van der Waals surface area contributed by atoms with E-state index in [9.17, 15) is 9.59 Å². The number of hydrogen-bond donors (Lipinski definition) is 1. The first-order chi connectivity index (χ1) is 11.1. The van der Waals surface area contributed by atoms with E-state index in [0.717, 1.165) is 37.2 Å². The fourth-order valence-corrected chi connectivity index (χ4v) is 4.09. The maximum atomic E-state index is 12.7. The van der Waals surface area contributed by atoms with E-state index < -0.39 is 5.97 Å². The van der Waals surface area contributed by atoms with E-state index in [2.05, 4.69) is 9.69 Å². The van der Waals surface area contributed by atoms with E-state index in [0.29, 0.717) is 29.4 Å². The number of nitrogens with one attached hydrogen (secondary N) is 1. The number of methoxy groups -OCH3 is 1. The van der Waals surface area contributed by atoms with Gasteiger partial charge in [0.2, 0.25) is 0 Å². The summed E-state index contributed by atoms with van der Waals surface area (Å²) in [7, 11) is 1.32. The number of hydrogen-bond acceptors (Lipinski definition) is 6. The van der Waals surface area contributed by atoms with Gasteiger partial charge in [-0.3, -0.25) is 5.32 Å². The van der Waals surface area contributed by atoms with E-state index in [1.165, 1.54) is 7.11 Å². The molecule has 1 N–H and O–H groups in total. The van der Waals surface area contributed by atoms with Crippen LogP contribution in [0, 0.1) is 6.92 Å². The van der Waals surface area contributed by atoms with Crippen molar-refractivity contribution in [1.29, 1.82) is 0 Å². The summed E-state index contributed by atoms with van der Waals surface area (Å²) >= 11 is 1.10. The van der Waals surface area contributed by atoms with Crippen molar-refractivity contribution in [2.45, 2.75) is 44.8 Å². The number of aromatic nitrogens is 1. The fraction of sp³-hybridized carbons (Fsp3) is 0.667. The van der Waals surface area contributed by atoms with Crippen LogP contribution in [-0.2, 0) is 9.47 Å². The zero-order valence-electron chi connectivity index (χ0n) is 13.3. The lowest BCUT2D eigenvalue weighted by Crippen LogP contribution is -2.46. The third-order valence-electron chi connectivity index (χ3n) is 4.43. The molecule has 126 valence electrons. The molecule has 1 saturated carbocycles. The highest BCUT2D eigenvalue weighted by Crippen LogP contribution is 2.31. The van der Waals surface area contributed by atoms with Crippen LogP contribution in [0.2, 0.25) is 0 Å². The Hall–Kier alpha value is -1.67. The van der Waals surface area contributed by atoms with Gasteiger partial charge in [-0.2, -0.15) is 4.37 Å². The number of esters is 1. The number of anilines is 1. The van der Waals surface area contributed by atoms with Crippen molar-refractivity contribution < 1.29 is 19.1 Å². The summed E-state index contributed by atoms with van der Waals surface area (Å²) in [6.07, 6.45) is 4.00. The molecule has 8 heteroatoms. The van der Waals surface area contributed by atoms with Crippen molar-refractivity contribution in [3.05, 3.63) is 11.3 Å². The fourth-order valence-electron chi connectivity index (χ4n) is 3.31. The molecule has 1 aliphatic carbocycles. The Morgan fingerprint density at radius 2 is 2.22 bits per heavy atom. The number of urea groups is 1. The van der Waals surface area contributed by atoms with Gasteiger partial charge in [-0.15, -0.1) is 0 Å². The largest absolute Gasteiger partial charge is 0.465 e. The van der Waals surface area contributed by atoms with Gasteiger partial charge in [0.25, 0.3) is 0 Å². The second-order valence-electron chi connectivity index (χ2n) is 5.85. The van der Waals surface area contributed by atoms with Crippen molar-refractivity contribution in [3.8, 4) is 0 Å². The van der Waals surface area contributed by atoms with Crippen LogP contribution < -0.4 is 5.32 Å². The molecule has 3 rings (SSSR count). The molecule has 0 unspecified atom stereocenters. The van der Waals surface area contributed by atoms with Crippen LogP contribution in [0.25, 0.3) is 0 Å². The highest BCUT2D eigenvalue weighted by molar-refractivity contribution is 7.11. The minimum atomic E-state index is -0.482. The molecule has 0 spiro atoms. The Balaban J connectivity index is 1.77. The lowest BCUT2D eigenvalue weighted by atomic mass is 10.2. The van der Waals surface area contributed by atoms with Crippen molar-refractivity contribution in [2.24, 2.45) is 0 Å². The van der Waals surface area contributed by atoms with E-state index in [4.69, 9.17) is 9.47 Å². The predicted octanol–water partition coefficient (Wildman–Crippen LogP) is 2.41. The van der Waals surface area contributed by atoms with Gasteiger partial charge in [0.15, 0.2) is 0 Å². The molecule has 1 aromatic rings. The summed E-state index contributed by atoms with van der Waals surface area (Å²) in [6.45, 7) is 3.08. The lowest BCUT2D eigenvalue weighted by molar-refractivity contribution is 0.0413. The van der Waals surface area contributed by atoms with E-state index in [-0.39, 0.29) is 18.2 Å². The third kappa shape index (κ3) is 3.18. The second kappa shape index (κ2) is 6.84. The van der Waals surface area contributed by atoms with Crippen LogP contribution in [0.3, 0.4) is 0 Å². The van der Waals surface area contributed by atoms with Crippen LogP contribution in [0.15, 0.2) is 0 Å². The normalized spacial score (nSPS) is 24.0. The first-order valence-electron chi connectivity index (χ1n) is 7.85. The van der Waals surface area contributed by atoms with Gasteiger partial charge in [-0.1, -0.05) is 0 Å². The maximum absolute atomic E-state index is 12.7. The van der Waals surface area contributed by atoms with Gasteiger partial charge in [0.1, 0.15) is 10.6 Å². The van der Waals surface area contributed by atoms with Crippen LogP contribution in [0.1, 0.15) is 41.7 Å². The van der Waals surface area contributed by atoms with E-state index in [1.54, 1.807) is 6.92 Å². The first-order valence-corrected chi connectivity index (χ1v) is 8.63. The summed E-state index contributed by atoms with van der Waals surface area (Å²) in [5.41, 5.74) is 0.898. The third-order valence-corrected chi connectivity index (χ3v) is 5.28. The molecule has 2 atom stereocenters. The highest BCUT2D eigenvalue weighted by Gasteiger charge is 2.37. The zero-order valence-corrected chi connectivity index (χ0v) is 14.1. The molecule has 2 heterocycles. The van der Waals surface area contributed by atoms with Crippen molar-refractivity contribution in [1.82, 2.24) is 9.27 Å². The number of fused-ring (bicyclic) bond motifs is 1. The van der Waals surface area contributed by atoms with Crippen molar-refractivity contribution >= 4 is 28.5 Å². The molecule has 0 bridgehead atoms. The molecular weight excluding hydrogens is 318 g/mol. The molecule has 1 aromatic heterocycles. The average molecular weight is 339 g/mol. The Bertz CT molecular complexity index is 604. The van der Waals surface area contributed by atoms with Gasteiger partial charge in [-0.05, 0) is 44.1 Å². The molecule has 2 amide bonds. The summed E-state index contributed by atoms with van der Waals surface area (Å²) in [5.74, 6) is -0.482. The molecule has 23 heavy (non-hydrogen) atoms. The number of amides is 2. The summed E-state index contributed by atoms with van der Waals surface area (Å²) < 4.78 is 14.8. The summed E-state index contributed by atoms with van der Waals surface area (Å²) in [4.78, 5) is 26.4. The molecular formula is C15H21N3O4S. The van der Waals surface area contributed by atoms with Crippen LogP contribution in [0.4, 0.5) is 9.80 Å². The van der Waals surface area contributed by atoms with Crippen molar-refractivity contribution in [3.63, 3.8) is 0 Å². The minimum absolute atomic E-state index is 0.119. The Labute approximate surface area is 139 Å². The number of carbonyl (C=O) groups excluding carboxylic acids is 2. The van der Waals surface area contributed by atoms with Gasteiger partial charge < -0.3 is 14.4 Å². The lowest BCUT2D eigenvalue weighted by Gasteiger charge is -2.29. The first kappa shape index (κ1) is 16.2. The minimum Gasteiger partial charge on any atom is -0.465 e. The molecule has 2 fully saturated rings. The van der Waals surface area contributed by atoms with Crippen LogP contribution >= 0.6 is 11.5 Å². The Kier molecular flexibility index (Phi) is 4.82. The smallest absolute Gasteiger partial charge is 0.342 e. The standard InChI is InChI=1S/C15H21N3O4S/c1-9-12(14(19)21-2)13(23-17-9)16-15(20)18-7-4-8-22-11-6-3-5-10(11)18/h10-11H,3-8H2,1-2H3,(H,16,20)/t10-,11+/m1/s1. The van der Waals surface area contributed by atoms with Gasteiger partial charge in [0.05, 0.1) is 24.9 Å². The number of rotatable bonds is 2. The number of carbonyl (C=O) groups is 2. The molecule has 1 saturated heterocycles. The predicted molar refractivity (Wildman–Crippen MR) is 85.9 cm³/mol. The summed E-state index contributed by atoms with van der Waals surface area (Å²) in [5, 5.41) is 3.29. The second-order valence-corrected chi connectivity index (χ2v) is 6.62. The van der Waals surface area contributed by atoms with Crippen molar-refractivity contribution in [2.75, 3.05) is 25.6 Å². The Morgan fingerprint density at radius 1 is 1.39 bits per heavy atom. The molecule has 0 radical (unpaired) electrons. The monoisotopic (exact) mass is 339 g/mol. The molecule has 1 aliphatic heterocycles. The van der Waals surface area contributed by atoms with E-state index in [1.807, 2.05) is 4.90 Å². The maximum Gasteiger partial charge on any atom is 0.342 e. The van der Waals surface area contributed by atoms with Gasteiger partial charge in [-0.25, -0.2) is 9.59 Å². The average Bonchev–Trinajstić information content (AvgIpc) is 3.08. The molecule has 7 nitrogen and oxygen atoms in total. The van der Waals surface area contributed by atoms with Crippen LogP contribution in [-0.4, -0.2) is 53.7 Å². The number of nitrogens with zero attached hydrogens (tertiary/aromatic N) is 2. The number of aryl methyl sites for hydroxylation is 1. The van der Waals surface area contributed by atoms with E-state index >= 15 is 0 Å². The molecule has 2 aliphatic rings. The number of ether oxygens (including phenoxy) is 2. The van der Waals surface area contributed by atoms with Gasteiger partial charge in [0, 0.05) is 13.2 Å². The molecule has 0 aromatic carbocycles. The highest BCUT2D eigenvalue weighted by atomic mass is 32.1. The SMILES string of the molecule is COC(=O)c1c(C)nsc1NC(=O)N1CCCO[C@H]2CCC[C@H]21. The zero-order chi connectivity index (χ0) is 16.4. The van der Waals surface area contributed by atoms with Crippen LogP contribution in [0.5, 0.6) is 0 Å². The quantitative estimate of drug-likeness (QED) is 0.837. The summed E-state index contributed by atoms with van der Waals surface area (Å²) in [6, 6.07) is -0.0747. The topological polar surface area (TPSA) is 80.8 Å². The Morgan fingerprint density at radius 3 is 3.00 bits per heavy atom.